The molecule has 0 saturated carbocycles. The summed E-state index contributed by atoms with van der Waals surface area (Å²) in [5.74, 6) is -0.639. The van der Waals surface area contributed by atoms with Crippen molar-refractivity contribution in [2.24, 2.45) is 5.92 Å². The first-order chi connectivity index (χ1) is 7.07. The van der Waals surface area contributed by atoms with Crippen molar-refractivity contribution in [3.8, 4) is 6.07 Å². The lowest BCUT2D eigenvalue weighted by Crippen LogP contribution is -2.25. The van der Waals surface area contributed by atoms with Gasteiger partial charge >= 0.3 is 0 Å². The lowest BCUT2D eigenvalue weighted by Gasteiger charge is -2.20. The van der Waals surface area contributed by atoms with Gasteiger partial charge in [0.1, 0.15) is 6.10 Å². The Morgan fingerprint density at radius 3 is 2.47 bits per heavy atom. The summed E-state index contributed by atoms with van der Waals surface area (Å²) in [7, 11) is 0. The molecule has 0 aromatic heterocycles. The molecule has 0 radical (unpaired) electrons. The Morgan fingerprint density at radius 1 is 1.33 bits per heavy atom. The quantitative estimate of drug-likeness (QED) is 0.639. The number of aliphatic hydroxyl groups is 2. The molecule has 80 valence electrons. The summed E-state index contributed by atoms with van der Waals surface area (Å²) in [6.45, 7) is 1.55. The maximum Gasteiger partial charge on any atom is 0.108 e. The molecule has 4 heteroatoms. The number of nitrogens with zero attached hydrogens (tertiary/aromatic N) is 1. The Kier molecular flexibility index (Phi) is 3.67. The number of nitriles is 1. The Balaban J connectivity index is 2.91. The third-order valence-electron chi connectivity index (χ3n) is 2.35. The molecule has 0 aliphatic heterocycles. The largest absolute Gasteiger partial charge is 0.398 e. The fourth-order valence-corrected chi connectivity index (χ4v) is 1.31. The second-order valence-corrected chi connectivity index (χ2v) is 3.48. The van der Waals surface area contributed by atoms with Crippen LogP contribution in [0.4, 0.5) is 5.69 Å². The summed E-state index contributed by atoms with van der Waals surface area (Å²) < 4.78 is 0. The molecule has 1 aromatic rings. The molecule has 0 fully saturated rings. The molecular weight excluding hydrogens is 192 g/mol. The lowest BCUT2D eigenvalue weighted by atomic mass is 9.95. The molecule has 0 heterocycles. The van der Waals surface area contributed by atoms with Crippen molar-refractivity contribution in [1.29, 1.82) is 5.26 Å². The molecule has 4 nitrogen and oxygen atoms in total. The van der Waals surface area contributed by atoms with Gasteiger partial charge in [0, 0.05) is 11.3 Å². The summed E-state index contributed by atoms with van der Waals surface area (Å²) in [5.41, 5.74) is 6.51. The molecule has 4 N–H and O–H groups in total. The van der Waals surface area contributed by atoms with Crippen LogP contribution in [-0.4, -0.2) is 16.3 Å². The predicted molar refractivity (Wildman–Crippen MR) is 56.6 cm³/mol. The number of nitrogen functional groups attached to an aromatic ring is 1. The van der Waals surface area contributed by atoms with Crippen LogP contribution in [0.3, 0.4) is 0 Å². The molecule has 3 atom stereocenters. The first-order valence-electron chi connectivity index (χ1n) is 4.68. The highest BCUT2D eigenvalue weighted by atomic mass is 16.3. The second-order valence-electron chi connectivity index (χ2n) is 3.48. The topological polar surface area (TPSA) is 90.3 Å². The average molecular weight is 206 g/mol. The van der Waals surface area contributed by atoms with Crippen molar-refractivity contribution in [3.05, 3.63) is 29.8 Å². The number of hydrogen-bond acceptors (Lipinski definition) is 4. The molecule has 0 saturated heterocycles. The minimum Gasteiger partial charge on any atom is -0.398 e. The highest BCUT2D eigenvalue weighted by molar-refractivity contribution is 5.48. The second kappa shape index (κ2) is 4.78. The summed E-state index contributed by atoms with van der Waals surface area (Å²) >= 11 is 0. The van der Waals surface area contributed by atoms with Gasteiger partial charge in [0.2, 0.25) is 0 Å². The predicted octanol–water partition coefficient (Wildman–Crippen LogP) is 0.823. The molecule has 0 bridgehead atoms. The minimum atomic E-state index is -1.13. The minimum absolute atomic E-state index is 0.411. The fourth-order valence-electron chi connectivity index (χ4n) is 1.31. The molecule has 1 rings (SSSR count). The average Bonchev–Trinajstić information content (AvgIpc) is 2.26. The van der Waals surface area contributed by atoms with E-state index in [9.17, 15) is 10.2 Å². The van der Waals surface area contributed by atoms with Gasteiger partial charge in [0.05, 0.1) is 18.1 Å². The zero-order valence-electron chi connectivity index (χ0n) is 8.46. The molecule has 15 heavy (non-hydrogen) atoms. The number of anilines is 1. The monoisotopic (exact) mass is 206 g/mol. The van der Waals surface area contributed by atoms with E-state index < -0.39 is 18.1 Å². The van der Waals surface area contributed by atoms with Gasteiger partial charge in [-0.25, -0.2) is 0 Å². The van der Waals surface area contributed by atoms with Gasteiger partial charge in [0.15, 0.2) is 0 Å². The molecule has 0 aliphatic carbocycles. The van der Waals surface area contributed by atoms with Gasteiger partial charge in [-0.3, -0.25) is 0 Å². The van der Waals surface area contributed by atoms with Crippen molar-refractivity contribution >= 4 is 5.69 Å². The van der Waals surface area contributed by atoms with Crippen LogP contribution in [0.2, 0.25) is 0 Å². The molecule has 1 unspecified atom stereocenters. The Morgan fingerprint density at radius 2 is 1.93 bits per heavy atom. The van der Waals surface area contributed by atoms with Crippen molar-refractivity contribution in [2.45, 2.75) is 19.1 Å². The van der Waals surface area contributed by atoms with Crippen LogP contribution in [0.1, 0.15) is 18.6 Å². The maximum absolute atomic E-state index is 9.79. The van der Waals surface area contributed by atoms with Crippen LogP contribution >= 0.6 is 0 Å². The van der Waals surface area contributed by atoms with E-state index in [2.05, 4.69) is 0 Å². The van der Waals surface area contributed by atoms with E-state index in [4.69, 9.17) is 11.0 Å². The lowest BCUT2D eigenvalue weighted by molar-refractivity contribution is -0.000496. The number of para-hydroxylation sites is 1. The Labute approximate surface area is 88.6 Å². The molecule has 0 spiro atoms. The summed E-state index contributed by atoms with van der Waals surface area (Å²) in [5, 5.41) is 28.0. The van der Waals surface area contributed by atoms with Crippen molar-refractivity contribution in [1.82, 2.24) is 0 Å². The van der Waals surface area contributed by atoms with E-state index in [1.54, 1.807) is 31.2 Å². The smallest absolute Gasteiger partial charge is 0.108 e. The van der Waals surface area contributed by atoms with Crippen LogP contribution in [0.5, 0.6) is 0 Å². The number of nitrogens with two attached hydrogens (primary N) is 1. The van der Waals surface area contributed by atoms with Crippen molar-refractivity contribution < 1.29 is 10.2 Å². The van der Waals surface area contributed by atoms with Crippen LogP contribution in [-0.2, 0) is 0 Å². The number of benzene rings is 1. The summed E-state index contributed by atoms with van der Waals surface area (Å²) in [6.07, 6.45) is -2.25. The highest BCUT2D eigenvalue weighted by Gasteiger charge is 2.25. The first kappa shape index (κ1) is 11.5. The third-order valence-corrected chi connectivity index (χ3v) is 2.35. The van der Waals surface area contributed by atoms with Crippen LogP contribution in [0.15, 0.2) is 24.3 Å². The van der Waals surface area contributed by atoms with Crippen LogP contribution in [0.25, 0.3) is 0 Å². The van der Waals surface area contributed by atoms with Gasteiger partial charge in [-0.2, -0.15) is 5.26 Å². The van der Waals surface area contributed by atoms with Crippen LogP contribution in [0, 0.1) is 17.2 Å². The van der Waals surface area contributed by atoms with Gasteiger partial charge in [-0.1, -0.05) is 18.2 Å². The number of hydrogen-bond donors (Lipinski definition) is 3. The summed E-state index contributed by atoms with van der Waals surface area (Å²) in [4.78, 5) is 0. The standard InChI is InChI=1S/C11H14N2O2/c1-7(6-12)10(14)11(15)8-4-2-3-5-9(8)13/h2-5,7,10-11,14-15H,13H2,1H3/t7?,10-,11-/m1/s1. The van der Waals surface area contributed by atoms with Crippen LogP contribution < -0.4 is 5.73 Å². The number of rotatable bonds is 3. The van der Waals surface area contributed by atoms with E-state index >= 15 is 0 Å². The molecular formula is C11H14N2O2. The van der Waals surface area contributed by atoms with Gasteiger partial charge in [-0.15, -0.1) is 0 Å². The normalized spacial score (nSPS) is 16.4. The SMILES string of the molecule is CC(C#N)[C@@H](O)[C@H](O)c1ccccc1N. The number of aliphatic hydroxyl groups excluding tert-OH is 2. The van der Waals surface area contributed by atoms with E-state index in [-0.39, 0.29) is 0 Å². The first-order valence-corrected chi connectivity index (χ1v) is 4.68. The van der Waals surface area contributed by atoms with Crippen molar-refractivity contribution in [3.63, 3.8) is 0 Å². The summed E-state index contributed by atoms with van der Waals surface area (Å²) in [6, 6.07) is 8.62. The zero-order chi connectivity index (χ0) is 11.4. The van der Waals surface area contributed by atoms with Gasteiger partial charge in [-0.05, 0) is 13.0 Å². The van der Waals surface area contributed by atoms with E-state index in [1.165, 1.54) is 0 Å². The molecule has 0 amide bonds. The van der Waals surface area contributed by atoms with E-state index in [0.717, 1.165) is 0 Å². The fraction of sp³-hybridized carbons (Fsp3) is 0.364. The zero-order valence-corrected chi connectivity index (χ0v) is 8.46. The van der Waals surface area contributed by atoms with E-state index in [1.807, 2.05) is 6.07 Å². The van der Waals surface area contributed by atoms with Gasteiger partial charge < -0.3 is 15.9 Å². The van der Waals surface area contributed by atoms with Gasteiger partial charge in [0.25, 0.3) is 0 Å². The highest BCUT2D eigenvalue weighted by Crippen LogP contribution is 2.25. The third kappa shape index (κ3) is 2.46. The Hall–Kier alpha value is -1.57. The maximum atomic E-state index is 9.79. The van der Waals surface area contributed by atoms with E-state index in [0.29, 0.717) is 11.3 Å². The Bertz CT molecular complexity index is 373. The molecule has 1 aromatic carbocycles. The molecule has 0 aliphatic rings. The van der Waals surface area contributed by atoms with Crippen molar-refractivity contribution in [2.75, 3.05) is 5.73 Å².